The van der Waals surface area contributed by atoms with Gasteiger partial charge in [-0.3, -0.25) is 4.79 Å². The standard InChI is InChI=1S/C20H23N3O2S/c1-3-25-17-7-5-4-6-14(17)13(2)10-19(24)23-20-16(11-21)15-8-9-22-12-18(15)26-20/h4-7,13,22H,3,8-10,12H2,1-2H3,(H,23,24)/t13-/m0/s1. The number of benzene rings is 1. The molecule has 1 amide bonds. The molecule has 2 heterocycles. The molecule has 2 N–H and O–H groups in total. The van der Waals surface area contributed by atoms with Gasteiger partial charge in [0.1, 0.15) is 16.8 Å². The highest BCUT2D eigenvalue weighted by atomic mass is 32.1. The largest absolute Gasteiger partial charge is 0.494 e. The molecular weight excluding hydrogens is 346 g/mol. The first kappa shape index (κ1) is 18.4. The van der Waals surface area contributed by atoms with Crippen LogP contribution in [0.3, 0.4) is 0 Å². The van der Waals surface area contributed by atoms with Gasteiger partial charge >= 0.3 is 0 Å². The molecule has 0 fully saturated rings. The molecule has 0 unspecified atom stereocenters. The van der Waals surface area contributed by atoms with E-state index in [0.29, 0.717) is 23.6 Å². The zero-order valence-corrected chi connectivity index (χ0v) is 15.9. The lowest BCUT2D eigenvalue weighted by Crippen LogP contribution is -2.22. The van der Waals surface area contributed by atoms with E-state index in [1.165, 1.54) is 11.3 Å². The number of ether oxygens (including phenoxy) is 1. The molecule has 0 radical (unpaired) electrons. The molecule has 1 aliphatic heterocycles. The number of carbonyl (C=O) groups excluding carboxylic acids is 1. The maximum Gasteiger partial charge on any atom is 0.225 e. The van der Waals surface area contributed by atoms with Gasteiger partial charge in [-0.25, -0.2) is 0 Å². The Morgan fingerprint density at radius 1 is 1.46 bits per heavy atom. The Kier molecular flexibility index (Phi) is 5.92. The van der Waals surface area contributed by atoms with Gasteiger partial charge in [0.2, 0.25) is 5.91 Å². The van der Waals surface area contributed by atoms with E-state index in [9.17, 15) is 10.1 Å². The summed E-state index contributed by atoms with van der Waals surface area (Å²) in [6.45, 7) is 6.20. The summed E-state index contributed by atoms with van der Waals surface area (Å²) in [7, 11) is 0. The summed E-state index contributed by atoms with van der Waals surface area (Å²) in [5, 5.41) is 16.4. The molecule has 1 aromatic heterocycles. The second kappa shape index (κ2) is 8.35. The van der Waals surface area contributed by atoms with Crippen LogP contribution in [0, 0.1) is 11.3 Å². The monoisotopic (exact) mass is 369 g/mol. The van der Waals surface area contributed by atoms with Gasteiger partial charge < -0.3 is 15.4 Å². The molecule has 1 aromatic carbocycles. The van der Waals surface area contributed by atoms with E-state index >= 15 is 0 Å². The van der Waals surface area contributed by atoms with Crippen LogP contribution < -0.4 is 15.4 Å². The highest BCUT2D eigenvalue weighted by molar-refractivity contribution is 7.16. The second-order valence-corrected chi connectivity index (χ2v) is 7.48. The molecule has 0 spiro atoms. The van der Waals surface area contributed by atoms with Gasteiger partial charge in [0, 0.05) is 17.8 Å². The zero-order valence-electron chi connectivity index (χ0n) is 15.1. The lowest BCUT2D eigenvalue weighted by Gasteiger charge is -2.16. The average Bonchev–Trinajstić information content (AvgIpc) is 2.99. The van der Waals surface area contributed by atoms with Crippen LogP contribution in [0.25, 0.3) is 0 Å². The van der Waals surface area contributed by atoms with Crippen LogP contribution in [0.1, 0.15) is 47.8 Å². The zero-order chi connectivity index (χ0) is 18.5. The smallest absolute Gasteiger partial charge is 0.225 e. The molecule has 136 valence electrons. The molecule has 1 atom stereocenters. The Morgan fingerprint density at radius 3 is 3.04 bits per heavy atom. The van der Waals surface area contributed by atoms with Crippen molar-refractivity contribution in [2.75, 3.05) is 18.5 Å². The van der Waals surface area contributed by atoms with Gasteiger partial charge in [-0.05, 0) is 43.0 Å². The molecule has 0 saturated carbocycles. The van der Waals surface area contributed by atoms with Gasteiger partial charge in [-0.15, -0.1) is 11.3 Å². The van der Waals surface area contributed by atoms with Crippen molar-refractivity contribution in [1.29, 1.82) is 5.26 Å². The van der Waals surface area contributed by atoms with E-state index in [1.54, 1.807) is 0 Å². The van der Waals surface area contributed by atoms with Crippen molar-refractivity contribution in [2.24, 2.45) is 0 Å². The van der Waals surface area contributed by atoms with Gasteiger partial charge in [-0.1, -0.05) is 25.1 Å². The highest BCUT2D eigenvalue weighted by Gasteiger charge is 2.22. The first-order valence-corrected chi connectivity index (χ1v) is 9.72. The second-order valence-electron chi connectivity index (χ2n) is 6.37. The number of fused-ring (bicyclic) bond motifs is 1. The van der Waals surface area contributed by atoms with Crippen molar-refractivity contribution in [3.8, 4) is 11.8 Å². The van der Waals surface area contributed by atoms with Gasteiger partial charge in [0.15, 0.2) is 0 Å². The van der Waals surface area contributed by atoms with Crippen LogP contribution in [0.15, 0.2) is 24.3 Å². The normalized spacial score (nSPS) is 14.2. The van der Waals surface area contributed by atoms with E-state index in [4.69, 9.17) is 4.74 Å². The molecule has 3 rings (SSSR count). The summed E-state index contributed by atoms with van der Waals surface area (Å²) in [5.74, 6) is 0.775. The molecule has 26 heavy (non-hydrogen) atoms. The number of nitrogens with zero attached hydrogens (tertiary/aromatic N) is 1. The van der Waals surface area contributed by atoms with E-state index in [-0.39, 0.29) is 11.8 Å². The molecular formula is C20H23N3O2S. The van der Waals surface area contributed by atoms with Crippen LogP contribution in [-0.4, -0.2) is 19.1 Å². The van der Waals surface area contributed by atoms with E-state index < -0.39 is 0 Å². The van der Waals surface area contributed by atoms with Gasteiger partial charge in [0.25, 0.3) is 0 Å². The number of nitriles is 1. The maximum absolute atomic E-state index is 12.6. The fourth-order valence-electron chi connectivity index (χ4n) is 3.28. The summed E-state index contributed by atoms with van der Waals surface area (Å²) >= 11 is 1.51. The average molecular weight is 369 g/mol. The van der Waals surface area contributed by atoms with Crippen LogP contribution in [0.5, 0.6) is 5.75 Å². The molecule has 5 nitrogen and oxygen atoms in total. The molecule has 2 aromatic rings. The fraction of sp³-hybridized carbons (Fsp3) is 0.400. The third kappa shape index (κ3) is 3.90. The minimum absolute atomic E-state index is 0.0274. The summed E-state index contributed by atoms with van der Waals surface area (Å²) in [5.41, 5.74) is 2.74. The minimum atomic E-state index is -0.0770. The van der Waals surface area contributed by atoms with Crippen LogP contribution in [0.4, 0.5) is 5.00 Å². The number of hydrogen-bond donors (Lipinski definition) is 2. The van der Waals surface area contributed by atoms with Crippen molar-refractivity contribution < 1.29 is 9.53 Å². The number of thiophene rings is 1. The fourth-order valence-corrected chi connectivity index (χ4v) is 4.47. The number of para-hydroxylation sites is 1. The number of carbonyl (C=O) groups is 1. The van der Waals surface area contributed by atoms with Crippen LogP contribution in [-0.2, 0) is 17.8 Å². The predicted octanol–water partition coefficient (Wildman–Crippen LogP) is 3.80. The number of amides is 1. The number of anilines is 1. The number of rotatable bonds is 6. The summed E-state index contributed by atoms with van der Waals surface area (Å²) < 4.78 is 5.67. The van der Waals surface area contributed by atoms with E-state index in [0.717, 1.165) is 41.3 Å². The third-order valence-electron chi connectivity index (χ3n) is 4.53. The molecule has 0 aliphatic carbocycles. The SMILES string of the molecule is CCOc1ccccc1[C@@H](C)CC(=O)Nc1sc2c(c1C#N)CCNC2. The first-order chi connectivity index (χ1) is 12.6. The topological polar surface area (TPSA) is 74.1 Å². The molecule has 0 bridgehead atoms. The van der Waals surface area contributed by atoms with E-state index in [1.807, 2.05) is 38.1 Å². The first-order valence-electron chi connectivity index (χ1n) is 8.91. The lowest BCUT2D eigenvalue weighted by molar-refractivity contribution is -0.116. The lowest BCUT2D eigenvalue weighted by atomic mass is 9.96. The van der Waals surface area contributed by atoms with Crippen molar-refractivity contribution in [3.05, 3.63) is 45.8 Å². The third-order valence-corrected chi connectivity index (χ3v) is 5.68. The molecule has 0 saturated heterocycles. The number of hydrogen-bond acceptors (Lipinski definition) is 5. The number of nitrogens with one attached hydrogen (secondary N) is 2. The summed E-state index contributed by atoms with van der Waals surface area (Å²) in [6, 6.07) is 10.1. The van der Waals surface area contributed by atoms with Gasteiger partial charge in [-0.2, -0.15) is 5.26 Å². The Morgan fingerprint density at radius 2 is 2.27 bits per heavy atom. The van der Waals surface area contributed by atoms with Crippen molar-refractivity contribution in [3.63, 3.8) is 0 Å². The Hall–Kier alpha value is -2.36. The quantitative estimate of drug-likeness (QED) is 0.812. The van der Waals surface area contributed by atoms with Crippen molar-refractivity contribution in [1.82, 2.24) is 5.32 Å². The van der Waals surface area contributed by atoms with Gasteiger partial charge in [0.05, 0.1) is 12.2 Å². The molecule has 1 aliphatic rings. The Labute approximate surface area is 158 Å². The maximum atomic E-state index is 12.6. The summed E-state index contributed by atoms with van der Waals surface area (Å²) in [4.78, 5) is 13.7. The minimum Gasteiger partial charge on any atom is -0.494 e. The predicted molar refractivity (Wildman–Crippen MR) is 104 cm³/mol. The molecule has 6 heteroatoms. The van der Waals surface area contributed by atoms with Crippen LogP contribution in [0.2, 0.25) is 0 Å². The summed E-state index contributed by atoms with van der Waals surface area (Å²) in [6.07, 6.45) is 1.18. The van der Waals surface area contributed by atoms with Crippen LogP contribution >= 0.6 is 11.3 Å². The highest BCUT2D eigenvalue weighted by Crippen LogP contribution is 2.35. The van der Waals surface area contributed by atoms with E-state index in [2.05, 4.69) is 16.7 Å². The Bertz CT molecular complexity index is 838. The van der Waals surface area contributed by atoms with Crippen molar-refractivity contribution in [2.45, 2.75) is 39.2 Å². The Balaban J connectivity index is 1.72. The van der Waals surface area contributed by atoms with Crippen molar-refractivity contribution >= 4 is 22.2 Å².